The van der Waals surface area contributed by atoms with E-state index in [0.29, 0.717) is 6.54 Å². The molecule has 0 amide bonds. The maximum absolute atomic E-state index is 5.59. The van der Waals surface area contributed by atoms with Gasteiger partial charge in [0.15, 0.2) is 0 Å². The molecule has 0 radical (unpaired) electrons. The van der Waals surface area contributed by atoms with Crippen LogP contribution in [0.2, 0.25) is 0 Å². The molecule has 12 heavy (non-hydrogen) atoms. The number of pyridine rings is 1. The number of nitrogens with zero attached hydrogens (tertiary/aromatic N) is 2. The SMILES string of the molecule is CCN(C)c1cnccc1CN. The van der Waals surface area contributed by atoms with Crippen LogP contribution in [0.15, 0.2) is 18.5 Å². The monoisotopic (exact) mass is 165 g/mol. The summed E-state index contributed by atoms with van der Waals surface area (Å²) in [5, 5.41) is 0. The van der Waals surface area contributed by atoms with E-state index in [9.17, 15) is 0 Å². The van der Waals surface area contributed by atoms with Crippen LogP contribution in [-0.2, 0) is 6.54 Å². The first-order valence-electron chi connectivity index (χ1n) is 4.13. The van der Waals surface area contributed by atoms with Gasteiger partial charge in [-0.3, -0.25) is 4.98 Å². The van der Waals surface area contributed by atoms with Gasteiger partial charge in [0.1, 0.15) is 0 Å². The van der Waals surface area contributed by atoms with Crippen molar-refractivity contribution in [1.29, 1.82) is 0 Å². The minimum atomic E-state index is 0.572. The highest BCUT2D eigenvalue weighted by Crippen LogP contribution is 2.16. The van der Waals surface area contributed by atoms with E-state index in [0.717, 1.165) is 17.8 Å². The summed E-state index contributed by atoms with van der Waals surface area (Å²) in [7, 11) is 2.04. The number of aromatic nitrogens is 1. The molecule has 3 nitrogen and oxygen atoms in total. The second kappa shape index (κ2) is 4.07. The average Bonchev–Trinajstić information content (AvgIpc) is 2.16. The largest absolute Gasteiger partial charge is 0.373 e. The van der Waals surface area contributed by atoms with E-state index in [-0.39, 0.29) is 0 Å². The Bertz CT molecular complexity index is 247. The topological polar surface area (TPSA) is 42.2 Å². The highest BCUT2D eigenvalue weighted by atomic mass is 15.1. The Morgan fingerprint density at radius 1 is 1.58 bits per heavy atom. The Hall–Kier alpha value is -1.09. The average molecular weight is 165 g/mol. The van der Waals surface area contributed by atoms with Gasteiger partial charge in [-0.15, -0.1) is 0 Å². The minimum Gasteiger partial charge on any atom is -0.373 e. The fraction of sp³-hybridized carbons (Fsp3) is 0.444. The molecule has 0 spiro atoms. The zero-order valence-electron chi connectivity index (χ0n) is 7.62. The summed E-state index contributed by atoms with van der Waals surface area (Å²) < 4.78 is 0. The number of rotatable bonds is 3. The van der Waals surface area contributed by atoms with Crippen molar-refractivity contribution in [2.75, 3.05) is 18.5 Å². The van der Waals surface area contributed by atoms with E-state index in [1.165, 1.54) is 0 Å². The van der Waals surface area contributed by atoms with Crippen molar-refractivity contribution >= 4 is 5.69 Å². The minimum absolute atomic E-state index is 0.572. The van der Waals surface area contributed by atoms with Gasteiger partial charge in [-0.2, -0.15) is 0 Å². The third-order valence-electron chi connectivity index (χ3n) is 1.99. The highest BCUT2D eigenvalue weighted by Gasteiger charge is 2.02. The Balaban J connectivity index is 2.96. The summed E-state index contributed by atoms with van der Waals surface area (Å²) in [6, 6.07) is 1.96. The summed E-state index contributed by atoms with van der Waals surface area (Å²) in [5.41, 5.74) is 7.86. The molecule has 0 aromatic carbocycles. The normalized spacial score (nSPS) is 9.92. The van der Waals surface area contributed by atoms with Crippen LogP contribution >= 0.6 is 0 Å². The van der Waals surface area contributed by atoms with Crippen molar-refractivity contribution in [3.05, 3.63) is 24.0 Å². The predicted octanol–water partition coefficient (Wildman–Crippen LogP) is 0.996. The molecule has 2 N–H and O–H groups in total. The fourth-order valence-electron chi connectivity index (χ4n) is 1.10. The molecule has 1 aromatic rings. The van der Waals surface area contributed by atoms with E-state index < -0.39 is 0 Å². The van der Waals surface area contributed by atoms with Crippen LogP contribution in [0.1, 0.15) is 12.5 Å². The third kappa shape index (κ3) is 1.74. The van der Waals surface area contributed by atoms with E-state index in [4.69, 9.17) is 5.73 Å². The van der Waals surface area contributed by atoms with Crippen LogP contribution in [0.3, 0.4) is 0 Å². The maximum atomic E-state index is 5.59. The van der Waals surface area contributed by atoms with Gasteiger partial charge in [0.05, 0.1) is 11.9 Å². The fourth-order valence-corrected chi connectivity index (χ4v) is 1.10. The van der Waals surface area contributed by atoms with Crippen molar-refractivity contribution in [1.82, 2.24) is 4.98 Å². The summed E-state index contributed by atoms with van der Waals surface area (Å²) in [6.07, 6.45) is 3.63. The first kappa shape index (κ1) is 9.00. The van der Waals surface area contributed by atoms with Crippen LogP contribution in [-0.4, -0.2) is 18.6 Å². The Kier molecular flexibility index (Phi) is 3.05. The molecule has 0 aliphatic carbocycles. The molecule has 66 valence electrons. The van der Waals surface area contributed by atoms with Crippen LogP contribution in [0.25, 0.3) is 0 Å². The Labute approximate surface area is 73.2 Å². The smallest absolute Gasteiger partial charge is 0.0595 e. The first-order valence-corrected chi connectivity index (χ1v) is 4.13. The van der Waals surface area contributed by atoms with Crippen molar-refractivity contribution < 1.29 is 0 Å². The van der Waals surface area contributed by atoms with Crippen LogP contribution in [0, 0.1) is 0 Å². The number of anilines is 1. The van der Waals surface area contributed by atoms with Crippen molar-refractivity contribution in [3.8, 4) is 0 Å². The molecule has 1 aromatic heterocycles. The first-order chi connectivity index (χ1) is 5.79. The third-order valence-corrected chi connectivity index (χ3v) is 1.99. The molecule has 0 bridgehead atoms. The van der Waals surface area contributed by atoms with E-state index in [1.807, 2.05) is 19.3 Å². The van der Waals surface area contributed by atoms with Gasteiger partial charge in [-0.25, -0.2) is 0 Å². The maximum Gasteiger partial charge on any atom is 0.0595 e. The standard InChI is InChI=1S/C9H15N3/c1-3-12(2)9-7-11-5-4-8(9)6-10/h4-5,7H,3,6,10H2,1-2H3. The summed E-state index contributed by atoms with van der Waals surface area (Å²) in [6.45, 7) is 3.65. The van der Waals surface area contributed by atoms with Gasteiger partial charge in [0.2, 0.25) is 0 Å². The number of hydrogen-bond acceptors (Lipinski definition) is 3. The van der Waals surface area contributed by atoms with Gasteiger partial charge in [-0.05, 0) is 18.6 Å². The van der Waals surface area contributed by atoms with Gasteiger partial charge < -0.3 is 10.6 Å². The van der Waals surface area contributed by atoms with Crippen LogP contribution in [0.4, 0.5) is 5.69 Å². The molecular weight excluding hydrogens is 150 g/mol. The summed E-state index contributed by atoms with van der Waals surface area (Å²) >= 11 is 0. The van der Waals surface area contributed by atoms with Gasteiger partial charge in [0, 0.05) is 26.3 Å². The predicted molar refractivity (Wildman–Crippen MR) is 51.1 cm³/mol. The lowest BCUT2D eigenvalue weighted by Gasteiger charge is -2.19. The zero-order valence-corrected chi connectivity index (χ0v) is 7.62. The molecular formula is C9H15N3. The molecule has 3 heteroatoms. The molecule has 1 rings (SSSR count). The Morgan fingerprint density at radius 3 is 2.92 bits per heavy atom. The lowest BCUT2D eigenvalue weighted by atomic mass is 10.2. The second-order valence-corrected chi connectivity index (χ2v) is 2.72. The van der Waals surface area contributed by atoms with E-state index in [2.05, 4.69) is 16.8 Å². The van der Waals surface area contributed by atoms with E-state index in [1.54, 1.807) is 6.20 Å². The molecule has 0 saturated carbocycles. The number of hydrogen-bond donors (Lipinski definition) is 1. The molecule has 0 aliphatic heterocycles. The van der Waals surface area contributed by atoms with E-state index >= 15 is 0 Å². The number of nitrogens with two attached hydrogens (primary N) is 1. The highest BCUT2D eigenvalue weighted by molar-refractivity contribution is 5.50. The van der Waals surface area contributed by atoms with Gasteiger partial charge in [-0.1, -0.05) is 0 Å². The van der Waals surface area contributed by atoms with Crippen LogP contribution in [0.5, 0.6) is 0 Å². The summed E-state index contributed by atoms with van der Waals surface area (Å²) in [5.74, 6) is 0. The molecule has 1 heterocycles. The molecule has 0 saturated heterocycles. The van der Waals surface area contributed by atoms with Gasteiger partial charge >= 0.3 is 0 Å². The second-order valence-electron chi connectivity index (χ2n) is 2.72. The lowest BCUT2D eigenvalue weighted by Crippen LogP contribution is -2.18. The van der Waals surface area contributed by atoms with Crippen molar-refractivity contribution in [3.63, 3.8) is 0 Å². The zero-order chi connectivity index (χ0) is 8.97. The Morgan fingerprint density at radius 2 is 2.33 bits per heavy atom. The molecule has 0 unspecified atom stereocenters. The van der Waals surface area contributed by atoms with Crippen LogP contribution < -0.4 is 10.6 Å². The molecule has 0 fully saturated rings. The van der Waals surface area contributed by atoms with Gasteiger partial charge in [0.25, 0.3) is 0 Å². The quantitative estimate of drug-likeness (QED) is 0.726. The van der Waals surface area contributed by atoms with Crippen molar-refractivity contribution in [2.24, 2.45) is 5.73 Å². The lowest BCUT2D eigenvalue weighted by molar-refractivity contribution is 0.932. The summed E-state index contributed by atoms with van der Waals surface area (Å²) in [4.78, 5) is 6.20. The molecule has 0 atom stereocenters. The molecule has 0 aliphatic rings. The van der Waals surface area contributed by atoms with Crippen molar-refractivity contribution in [2.45, 2.75) is 13.5 Å².